The van der Waals surface area contributed by atoms with Crippen molar-refractivity contribution in [1.82, 2.24) is 10.2 Å². The first-order valence-electron chi connectivity index (χ1n) is 10.2. The van der Waals surface area contributed by atoms with Gasteiger partial charge < -0.3 is 10.6 Å². The van der Waals surface area contributed by atoms with Crippen molar-refractivity contribution in [3.63, 3.8) is 0 Å². The highest BCUT2D eigenvalue weighted by Gasteiger charge is 2.41. The summed E-state index contributed by atoms with van der Waals surface area (Å²) in [7, 11) is 0. The number of carbonyl (C=O) groups excluding carboxylic acids is 1. The van der Waals surface area contributed by atoms with Gasteiger partial charge in [0.25, 0.3) is 0 Å². The van der Waals surface area contributed by atoms with Gasteiger partial charge in [-0.05, 0) is 50.7 Å². The molecule has 25 heavy (non-hydrogen) atoms. The van der Waals surface area contributed by atoms with Crippen molar-refractivity contribution in [2.24, 2.45) is 0 Å². The van der Waals surface area contributed by atoms with Crippen LogP contribution < -0.4 is 10.6 Å². The largest absolute Gasteiger partial charge is 0.335 e. The van der Waals surface area contributed by atoms with Gasteiger partial charge in [0.05, 0.1) is 0 Å². The van der Waals surface area contributed by atoms with E-state index in [4.69, 9.17) is 0 Å². The molecule has 2 bridgehead atoms. The molecule has 4 heteroatoms. The molecule has 2 heterocycles. The Morgan fingerprint density at radius 1 is 0.840 bits per heavy atom. The average molecular weight is 341 g/mol. The lowest BCUT2D eigenvalue weighted by molar-refractivity contribution is -0.0202. The summed E-state index contributed by atoms with van der Waals surface area (Å²) >= 11 is 0. The maximum atomic E-state index is 12.3. The normalized spacial score (nSPS) is 30.6. The monoisotopic (exact) mass is 341 g/mol. The van der Waals surface area contributed by atoms with E-state index in [0.29, 0.717) is 18.1 Å². The van der Waals surface area contributed by atoms with E-state index in [1.54, 1.807) is 0 Å². The first-order chi connectivity index (χ1) is 12.3. The van der Waals surface area contributed by atoms with E-state index in [-0.39, 0.29) is 6.03 Å². The van der Waals surface area contributed by atoms with Crippen molar-refractivity contribution in [3.05, 3.63) is 30.3 Å². The first-order valence-corrected chi connectivity index (χ1v) is 10.2. The van der Waals surface area contributed by atoms with Gasteiger partial charge in [-0.3, -0.25) is 4.90 Å². The highest BCUT2D eigenvalue weighted by Crippen LogP contribution is 2.39. The standard InChI is InChI=1S/C21H31N3O/c25-21(22-16-8-3-1-4-9-16)23-17-14-19-12-7-13-20(15-17)24(19)18-10-5-2-6-11-18/h1,3-4,8-9,17-20H,2,5-7,10-15H2,(H2,22,23,25)/t19-,20-/m1/s1. The highest BCUT2D eigenvalue weighted by atomic mass is 16.2. The van der Waals surface area contributed by atoms with E-state index in [1.807, 2.05) is 30.3 Å². The quantitative estimate of drug-likeness (QED) is 0.848. The minimum Gasteiger partial charge on any atom is -0.335 e. The number of para-hydroxylation sites is 1. The molecule has 1 aliphatic carbocycles. The summed E-state index contributed by atoms with van der Waals surface area (Å²) in [5.41, 5.74) is 0.861. The van der Waals surface area contributed by atoms with Crippen LogP contribution in [-0.4, -0.2) is 35.1 Å². The Bertz CT molecular complexity index is 556. The van der Waals surface area contributed by atoms with E-state index in [0.717, 1.165) is 24.6 Å². The number of anilines is 1. The Morgan fingerprint density at radius 2 is 1.48 bits per heavy atom. The maximum absolute atomic E-state index is 12.3. The molecule has 3 aliphatic rings. The number of benzene rings is 1. The summed E-state index contributed by atoms with van der Waals surface area (Å²) in [6, 6.07) is 12.1. The number of nitrogens with zero attached hydrogens (tertiary/aromatic N) is 1. The van der Waals surface area contributed by atoms with Crippen LogP contribution in [0.25, 0.3) is 0 Å². The topological polar surface area (TPSA) is 44.4 Å². The zero-order valence-electron chi connectivity index (χ0n) is 15.1. The Balaban J connectivity index is 1.35. The van der Waals surface area contributed by atoms with Crippen LogP contribution in [0.3, 0.4) is 0 Å². The van der Waals surface area contributed by atoms with Gasteiger partial charge in [0.1, 0.15) is 0 Å². The Labute approximate surface area is 151 Å². The molecule has 3 fully saturated rings. The van der Waals surface area contributed by atoms with Crippen LogP contribution in [0.4, 0.5) is 10.5 Å². The molecule has 4 nitrogen and oxygen atoms in total. The van der Waals surface area contributed by atoms with Gasteiger partial charge >= 0.3 is 6.03 Å². The summed E-state index contributed by atoms with van der Waals surface area (Å²) in [5, 5.41) is 6.21. The van der Waals surface area contributed by atoms with Crippen LogP contribution in [0.15, 0.2) is 30.3 Å². The Hall–Kier alpha value is -1.55. The molecule has 1 saturated carbocycles. The summed E-state index contributed by atoms with van der Waals surface area (Å²) in [6.07, 6.45) is 13.2. The Morgan fingerprint density at radius 3 is 2.16 bits per heavy atom. The number of urea groups is 1. The average Bonchev–Trinajstić information content (AvgIpc) is 2.62. The number of hydrogen-bond acceptors (Lipinski definition) is 2. The number of fused-ring (bicyclic) bond motifs is 2. The van der Waals surface area contributed by atoms with Crippen LogP contribution >= 0.6 is 0 Å². The third-order valence-electron chi connectivity index (χ3n) is 6.39. The van der Waals surface area contributed by atoms with Gasteiger partial charge in [-0.25, -0.2) is 4.79 Å². The second-order valence-electron chi connectivity index (χ2n) is 8.11. The maximum Gasteiger partial charge on any atom is 0.319 e. The molecule has 0 aromatic heterocycles. The van der Waals surface area contributed by atoms with E-state index in [2.05, 4.69) is 15.5 Å². The molecule has 0 spiro atoms. The summed E-state index contributed by atoms with van der Waals surface area (Å²) < 4.78 is 0. The molecule has 1 aromatic carbocycles. The summed E-state index contributed by atoms with van der Waals surface area (Å²) in [4.78, 5) is 15.2. The smallest absolute Gasteiger partial charge is 0.319 e. The van der Waals surface area contributed by atoms with E-state index >= 15 is 0 Å². The molecule has 2 amide bonds. The lowest BCUT2D eigenvalue weighted by Gasteiger charge is -2.53. The fraction of sp³-hybridized carbons (Fsp3) is 0.667. The molecule has 4 rings (SSSR count). The van der Waals surface area contributed by atoms with Gasteiger partial charge in [-0.1, -0.05) is 43.9 Å². The molecule has 0 radical (unpaired) electrons. The van der Waals surface area contributed by atoms with Gasteiger partial charge in [0, 0.05) is 29.9 Å². The zero-order valence-corrected chi connectivity index (χ0v) is 15.1. The van der Waals surface area contributed by atoms with Crippen molar-refractivity contribution in [2.75, 3.05) is 5.32 Å². The van der Waals surface area contributed by atoms with Crippen molar-refractivity contribution in [1.29, 1.82) is 0 Å². The predicted octanol–water partition coefficient (Wildman–Crippen LogP) is 4.53. The number of nitrogens with one attached hydrogen (secondary N) is 2. The molecule has 0 unspecified atom stereocenters. The lowest BCUT2D eigenvalue weighted by Crippen LogP contribution is -2.60. The molecule has 2 aliphatic heterocycles. The minimum absolute atomic E-state index is 0.0552. The molecule has 2 atom stereocenters. The Kier molecular flexibility index (Phi) is 5.25. The minimum atomic E-state index is -0.0552. The van der Waals surface area contributed by atoms with Crippen LogP contribution in [0.1, 0.15) is 64.2 Å². The van der Waals surface area contributed by atoms with E-state index in [9.17, 15) is 4.79 Å². The number of amides is 2. The summed E-state index contributed by atoms with van der Waals surface area (Å²) in [5.74, 6) is 0. The molecule has 2 saturated heterocycles. The first kappa shape index (κ1) is 16.9. The van der Waals surface area contributed by atoms with Gasteiger partial charge in [0.15, 0.2) is 0 Å². The van der Waals surface area contributed by atoms with Crippen molar-refractivity contribution >= 4 is 11.7 Å². The molecule has 1 aromatic rings. The van der Waals surface area contributed by atoms with Crippen LogP contribution in [0.5, 0.6) is 0 Å². The molecular weight excluding hydrogens is 310 g/mol. The van der Waals surface area contributed by atoms with Crippen LogP contribution in [0, 0.1) is 0 Å². The SMILES string of the molecule is O=C(Nc1ccccc1)NC1C[C@H]2CCC[C@H](C1)N2C1CCCCC1. The lowest BCUT2D eigenvalue weighted by atomic mass is 9.78. The van der Waals surface area contributed by atoms with Crippen LogP contribution in [-0.2, 0) is 0 Å². The fourth-order valence-electron chi connectivity index (χ4n) is 5.38. The highest BCUT2D eigenvalue weighted by molar-refractivity contribution is 5.89. The fourth-order valence-corrected chi connectivity index (χ4v) is 5.38. The number of piperidine rings is 2. The van der Waals surface area contributed by atoms with Gasteiger partial charge in [0.2, 0.25) is 0 Å². The number of carbonyl (C=O) groups is 1. The van der Waals surface area contributed by atoms with Crippen molar-refractivity contribution in [3.8, 4) is 0 Å². The number of hydrogen-bond donors (Lipinski definition) is 2. The van der Waals surface area contributed by atoms with E-state index in [1.165, 1.54) is 51.4 Å². The second-order valence-corrected chi connectivity index (χ2v) is 8.11. The third kappa shape index (κ3) is 4.00. The predicted molar refractivity (Wildman–Crippen MR) is 102 cm³/mol. The van der Waals surface area contributed by atoms with Gasteiger partial charge in [-0.2, -0.15) is 0 Å². The summed E-state index contributed by atoms with van der Waals surface area (Å²) in [6.45, 7) is 0. The molecular formula is C21H31N3O. The van der Waals surface area contributed by atoms with E-state index < -0.39 is 0 Å². The number of rotatable bonds is 3. The molecule has 136 valence electrons. The zero-order chi connectivity index (χ0) is 17.1. The van der Waals surface area contributed by atoms with Crippen molar-refractivity contribution < 1.29 is 4.79 Å². The van der Waals surface area contributed by atoms with Crippen LogP contribution in [0.2, 0.25) is 0 Å². The molecule has 2 N–H and O–H groups in total. The van der Waals surface area contributed by atoms with Crippen molar-refractivity contribution in [2.45, 2.75) is 88.4 Å². The third-order valence-corrected chi connectivity index (χ3v) is 6.39. The second kappa shape index (κ2) is 7.77. The van der Waals surface area contributed by atoms with Gasteiger partial charge in [-0.15, -0.1) is 0 Å².